The average molecular weight is 323 g/mol. The van der Waals surface area contributed by atoms with Crippen molar-refractivity contribution in [3.63, 3.8) is 0 Å². The van der Waals surface area contributed by atoms with Gasteiger partial charge in [-0.3, -0.25) is 19.5 Å². The summed E-state index contributed by atoms with van der Waals surface area (Å²) in [6.45, 7) is 0. The van der Waals surface area contributed by atoms with Gasteiger partial charge < -0.3 is 0 Å². The number of thiophene rings is 1. The van der Waals surface area contributed by atoms with Crippen molar-refractivity contribution in [2.45, 2.75) is 0 Å². The number of benzene rings is 2. The van der Waals surface area contributed by atoms with Gasteiger partial charge in [0.05, 0.1) is 16.0 Å². The molecule has 0 aliphatic carbocycles. The third-order valence-corrected chi connectivity index (χ3v) is 4.72. The molecule has 2 aromatic heterocycles. The molecule has 0 radical (unpaired) electrons. The Bertz CT molecular complexity index is 1110. The first-order valence-corrected chi connectivity index (χ1v) is 7.60. The Morgan fingerprint density at radius 2 is 1.83 bits per heavy atom. The molecule has 0 fully saturated rings. The molecule has 112 valence electrons. The summed E-state index contributed by atoms with van der Waals surface area (Å²) in [6, 6.07) is 13.5. The average Bonchev–Trinajstić information content (AvgIpc) is 2.94. The highest BCUT2D eigenvalue weighted by Gasteiger charge is 2.13. The Balaban J connectivity index is 1.97. The molecule has 0 aliphatic rings. The zero-order valence-corrected chi connectivity index (χ0v) is 12.5. The largest absolute Gasteiger partial charge is 0.269 e. The molecule has 2 heterocycles. The van der Waals surface area contributed by atoms with Crippen LogP contribution in [0.5, 0.6) is 0 Å². The van der Waals surface area contributed by atoms with Gasteiger partial charge in [0.15, 0.2) is 0 Å². The molecule has 0 N–H and O–H groups in total. The SMILES string of the molecule is O=c1c2c(ncn1-c1ccc([N+](=O)[O-])cc1)sc1ccccc12. The summed E-state index contributed by atoms with van der Waals surface area (Å²) in [7, 11) is 0. The van der Waals surface area contributed by atoms with Crippen molar-refractivity contribution in [2.24, 2.45) is 0 Å². The number of rotatable bonds is 2. The van der Waals surface area contributed by atoms with E-state index in [0.717, 1.165) is 10.1 Å². The fourth-order valence-corrected chi connectivity index (χ4v) is 3.57. The van der Waals surface area contributed by atoms with Crippen LogP contribution < -0.4 is 5.56 Å². The molecule has 0 spiro atoms. The molecule has 0 amide bonds. The zero-order valence-electron chi connectivity index (χ0n) is 11.7. The Hall–Kier alpha value is -3.06. The van der Waals surface area contributed by atoms with E-state index in [4.69, 9.17) is 0 Å². The highest BCUT2D eigenvalue weighted by atomic mass is 32.1. The van der Waals surface area contributed by atoms with E-state index in [1.165, 1.54) is 34.4 Å². The lowest BCUT2D eigenvalue weighted by Gasteiger charge is -2.04. The molecule has 0 saturated heterocycles. The minimum absolute atomic E-state index is 0.0168. The summed E-state index contributed by atoms with van der Waals surface area (Å²) in [5.41, 5.74) is 0.350. The van der Waals surface area contributed by atoms with Gasteiger partial charge in [-0.1, -0.05) is 18.2 Å². The van der Waals surface area contributed by atoms with E-state index < -0.39 is 4.92 Å². The van der Waals surface area contributed by atoms with Gasteiger partial charge in [-0.05, 0) is 18.2 Å². The summed E-state index contributed by atoms with van der Waals surface area (Å²) < 4.78 is 2.42. The summed E-state index contributed by atoms with van der Waals surface area (Å²) in [5.74, 6) is 0. The van der Waals surface area contributed by atoms with Crippen molar-refractivity contribution in [2.75, 3.05) is 0 Å². The summed E-state index contributed by atoms with van der Waals surface area (Å²) >= 11 is 1.47. The number of hydrogen-bond acceptors (Lipinski definition) is 5. The van der Waals surface area contributed by atoms with E-state index in [2.05, 4.69) is 4.98 Å². The van der Waals surface area contributed by atoms with E-state index in [1.54, 1.807) is 12.1 Å². The smallest absolute Gasteiger partial charge is 0.268 e. The molecule has 2 aromatic carbocycles. The second-order valence-electron chi connectivity index (χ2n) is 4.97. The van der Waals surface area contributed by atoms with Crippen molar-refractivity contribution >= 4 is 37.3 Å². The van der Waals surface area contributed by atoms with Crippen LogP contribution in [-0.4, -0.2) is 14.5 Å². The Labute approximate surface area is 133 Å². The van der Waals surface area contributed by atoms with Gasteiger partial charge in [-0.2, -0.15) is 0 Å². The van der Waals surface area contributed by atoms with Crippen LogP contribution >= 0.6 is 11.3 Å². The van der Waals surface area contributed by atoms with Gasteiger partial charge in [0.2, 0.25) is 0 Å². The number of aromatic nitrogens is 2. The predicted octanol–water partition coefficient (Wildman–Crippen LogP) is 3.51. The van der Waals surface area contributed by atoms with Gasteiger partial charge in [-0.15, -0.1) is 11.3 Å². The van der Waals surface area contributed by atoms with Crippen LogP contribution in [0.25, 0.3) is 26.0 Å². The number of nitrogens with zero attached hydrogens (tertiary/aromatic N) is 3. The predicted molar refractivity (Wildman–Crippen MR) is 89.4 cm³/mol. The number of nitro groups is 1. The highest BCUT2D eigenvalue weighted by molar-refractivity contribution is 7.25. The van der Waals surface area contributed by atoms with Crippen LogP contribution in [0.15, 0.2) is 59.7 Å². The standard InChI is InChI=1S/C16H9N3O3S/c20-16-14-12-3-1-2-4-13(12)23-15(14)17-9-18(16)10-5-7-11(8-6-10)19(21)22/h1-9H. The maximum atomic E-state index is 12.8. The van der Waals surface area contributed by atoms with Gasteiger partial charge in [0.25, 0.3) is 11.2 Å². The molecular formula is C16H9N3O3S. The maximum absolute atomic E-state index is 12.8. The molecule has 0 bridgehead atoms. The number of non-ortho nitro benzene ring substituents is 1. The Morgan fingerprint density at radius 3 is 2.57 bits per heavy atom. The lowest BCUT2D eigenvalue weighted by Crippen LogP contribution is -2.18. The topological polar surface area (TPSA) is 78.0 Å². The van der Waals surface area contributed by atoms with Crippen LogP contribution in [-0.2, 0) is 0 Å². The molecule has 0 unspecified atom stereocenters. The van der Waals surface area contributed by atoms with Crippen LogP contribution in [0, 0.1) is 10.1 Å². The van der Waals surface area contributed by atoms with Crippen LogP contribution in [0.2, 0.25) is 0 Å². The Kier molecular flexibility index (Phi) is 2.95. The first kappa shape index (κ1) is 13.6. The molecule has 23 heavy (non-hydrogen) atoms. The van der Waals surface area contributed by atoms with Crippen molar-refractivity contribution in [1.82, 2.24) is 9.55 Å². The van der Waals surface area contributed by atoms with Gasteiger partial charge >= 0.3 is 0 Å². The van der Waals surface area contributed by atoms with Crippen molar-refractivity contribution in [3.8, 4) is 5.69 Å². The van der Waals surface area contributed by atoms with E-state index in [1.807, 2.05) is 24.3 Å². The van der Waals surface area contributed by atoms with Crippen molar-refractivity contribution < 1.29 is 4.92 Å². The fourth-order valence-electron chi connectivity index (χ4n) is 2.53. The van der Waals surface area contributed by atoms with Crippen molar-refractivity contribution in [1.29, 1.82) is 0 Å². The lowest BCUT2D eigenvalue weighted by atomic mass is 10.2. The maximum Gasteiger partial charge on any atom is 0.269 e. The second kappa shape index (κ2) is 4.99. The number of hydrogen-bond donors (Lipinski definition) is 0. The van der Waals surface area contributed by atoms with Crippen molar-refractivity contribution in [3.05, 3.63) is 75.3 Å². The van der Waals surface area contributed by atoms with E-state index in [-0.39, 0.29) is 11.2 Å². The second-order valence-corrected chi connectivity index (χ2v) is 6.00. The third-order valence-electron chi connectivity index (χ3n) is 3.64. The minimum Gasteiger partial charge on any atom is -0.268 e. The summed E-state index contributed by atoms with van der Waals surface area (Å²) in [4.78, 5) is 28.1. The van der Waals surface area contributed by atoms with Crippen LogP contribution in [0.4, 0.5) is 5.69 Å². The number of nitro benzene ring substituents is 1. The number of fused-ring (bicyclic) bond motifs is 3. The molecule has 0 atom stereocenters. The van der Waals surface area contributed by atoms with Crippen LogP contribution in [0.1, 0.15) is 0 Å². The Morgan fingerprint density at radius 1 is 1.09 bits per heavy atom. The van der Waals surface area contributed by atoms with Crippen LogP contribution in [0.3, 0.4) is 0 Å². The van der Waals surface area contributed by atoms with Gasteiger partial charge in [-0.25, -0.2) is 4.98 Å². The first-order valence-electron chi connectivity index (χ1n) is 6.79. The summed E-state index contributed by atoms with van der Waals surface area (Å²) in [5, 5.41) is 12.2. The zero-order chi connectivity index (χ0) is 16.0. The molecule has 0 saturated carbocycles. The highest BCUT2D eigenvalue weighted by Crippen LogP contribution is 2.30. The molecule has 4 aromatic rings. The van der Waals surface area contributed by atoms with Gasteiger partial charge in [0, 0.05) is 22.2 Å². The lowest BCUT2D eigenvalue weighted by molar-refractivity contribution is -0.384. The molecule has 7 heteroatoms. The molecule has 4 rings (SSSR count). The quantitative estimate of drug-likeness (QED) is 0.418. The molecular weight excluding hydrogens is 314 g/mol. The molecule has 6 nitrogen and oxygen atoms in total. The first-order chi connectivity index (χ1) is 11.1. The normalized spacial score (nSPS) is 11.1. The monoisotopic (exact) mass is 323 g/mol. The van der Waals surface area contributed by atoms with Gasteiger partial charge in [0.1, 0.15) is 11.2 Å². The fraction of sp³-hybridized carbons (Fsp3) is 0. The summed E-state index contributed by atoms with van der Waals surface area (Å²) in [6.07, 6.45) is 1.46. The van der Waals surface area contributed by atoms with E-state index in [9.17, 15) is 14.9 Å². The third kappa shape index (κ3) is 2.09. The minimum atomic E-state index is -0.472. The van der Waals surface area contributed by atoms with E-state index in [0.29, 0.717) is 15.9 Å². The van der Waals surface area contributed by atoms with E-state index >= 15 is 0 Å². The molecule has 0 aliphatic heterocycles.